The van der Waals surface area contributed by atoms with Crippen LogP contribution in [0.4, 0.5) is 0 Å². The van der Waals surface area contributed by atoms with Gasteiger partial charge in [0.25, 0.3) is 5.91 Å². The van der Waals surface area contributed by atoms with E-state index < -0.39 is 0 Å². The number of thiophene rings is 1. The molecule has 1 aliphatic heterocycles. The Morgan fingerprint density at radius 3 is 2.96 bits per heavy atom. The van der Waals surface area contributed by atoms with Crippen LogP contribution in [0.1, 0.15) is 28.2 Å². The highest BCUT2D eigenvalue weighted by Crippen LogP contribution is 2.20. The van der Waals surface area contributed by atoms with Gasteiger partial charge in [0.1, 0.15) is 0 Å². The van der Waals surface area contributed by atoms with Crippen molar-refractivity contribution < 1.29 is 9.59 Å². The van der Waals surface area contributed by atoms with Crippen LogP contribution in [-0.2, 0) is 11.2 Å². The van der Waals surface area contributed by atoms with E-state index in [1.165, 1.54) is 11.3 Å². The standard InChI is InChI=1S/C18H21N3O2S/c22-17(20-10-8-15-6-1-2-9-19-15)14-5-3-11-21(13-14)18(23)16-7-4-12-24-16/h1-2,4,6-7,9,12,14H,3,5,8,10-11,13H2,(H,20,22). The number of piperidine rings is 1. The summed E-state index contributed by atoms with van der Waals surface area (Å²) in [6.45, 7) is 1.81. The number of rotatable bonds is 5. The zero-order valence-electron chi connectivity index (χ0n) is 13.5. The van der Waals surface area contributed by atoms with Gasteiger partial charge in [0.15, 0.2) is 0 Å². The molecular weight excluding hydrogens is 322 g/mol. The van der Waals surface area contributed by atoms with Crippen LogP contribution in [0, 0.1) is 5.92 Å². The highest BCUT2D eigenvalue weighted by atomic mass is 32.1. The third kappa shape index (κ3) is 4.20. The monoisotopic (exact) mass is 343 g/mol. The Morgan fingerprint density at radius 1 is 1.29 bits per heavy atom. The van der Waals surface area contributed by atoms with Gasteiger partial charge in [-0.1, -0.05) is 12.1 Å². The number of hydrogen-bond acceptors (Lipinski definition) is 4. The highest BCUT2D eigenvalue weighted by Gasteiger charge is 2.29. The molecule has 126 valence electrons. The summed E-state index contributed by atoms with van der Waals surface area (Å²) in [6.07, 6.45) is 4.18. The van der Waals surface area contributed by atoms with E-state index in [2.05, 4.69) is 10.3 Å². The second kappa shape index (κ2) is 8.06. The molecule has 1 atom stereocenters. The van der Waals surface area contributed by atoms with Gasteiger partial charge in [-0.2, -0.15) is 0 Å². The first kappa shape index (κ1) is 16.6. The quantitative estimate of drug-likeness (QED) is 0.906. The maximum absolute atomic E-state index is 12.4. The molecule has 0 radical (unpaired) electrons. The number of likely N-dealkylation sites (tertiary alicyclic amines) is 1. The van der Waals surface area contributed by atoms with E-state index in [-0.39, 0.29) is 17.7 Å². The molecule has 3 heterocycles. The lowest BCUT2D eigenvalue weighted by molar-refractivity contribution is -0.126. The predicted molar refractivity (Wildman–Crippen MR) is 93.9 cm³/mol. The van der Waals surface area contributed by atoms with Crippen molar-refractivity contribution in [2.24, 2.45) is 5.92 Å². The van der Waals surface area contributed by atoms with Crippen LogP contribution >= 0.6 is 11.3 Å². The fourth-order valence-corrected chi connectivity index (χ4v) is 3.63. The van der Waals surface area contributed by atoms with Gasteiger partial charge in [-0.3, -0.25) is 14.6 Å². The molecule has 3 rings (SSSR count). The molecule has 5 nitrogen and oxygen atoms in total. The van der Waals surface area contributed by atoms with Crippen molar-refractivity contribution in [1.29, 1.82) is 0 Å². The van der Waals surface area contributed by atoms with Crippen LogP contribution in [0.2, 0.25) is 0 Å². The maximum atomic E-state index is 12.4. The van der Waals surface area contributed by atoms with Gasteiger partial charge >= 0.3 is 0 Å². The minimum Gasteiger partial charge on any atom is -0.355 e. The molecule has 6 heteroatoms. The van der Waals surface area contributed by atoms with Crippen LogP contribution in [0.15, 0.2) is 41.9 Å². The zero-order valence-corrected chi connectivity index (χ0v) is 14.3. The molecule has 2 amide bonds. The van der Waals surface area contributed by atoms with E-state index in [4.69, 9.17) is 0 Å². The Hall–Kier alpha value is -2.21. The average molecular weight is 343 g/mol. The number of nitrogens with one attached hydrogen (secondary N) is 1. The maximum Gasteiger partial charge on any atom is 0.263 e. The van der Waals surface area contributed by atoms with Gasteiger partial charge in [-0.05, 0) is 36.4 Å². The molecule has 1 fully saturated rings. The molecule has 0 aromatic carbocycles. The molecule has 1 N–H and O–H groups in total. The minimum absolute atomic E-state index is 0.0367. The van der Waals surface area contributed by atoms with Crippen LogP contribution in [0.25, 0.3) is 0 Å². The number of carbonyl (C=O) groups is 2. The molecule has 1 saturated heterocycles. The summed E-state index contributed by atoms with van der Waals surface area (Å²) in [5.41, 5.74) is 0.968. The highest BCUT2D eigenvalue weighted by molar-refractivity contribution is 7.12. The molecule has 1 unspecified atom stereocenters. The first-order valence-electron chi connectivity index (χ1n) is 8.24. The first-order chi connectivity index (χ1) is 11.7. The SMILES string of the molecule is O=C(NCCc1ccccn1)C1CCCN(C(=O)c2cccs2)C1. The zero-order chi connectivity index (χ0) is 16.8. The van der Waals surface area contributed by atoms with Gasteiger partial charge in [0, 0.05) is 37.9 Å². The van der Waals surface area contributed by atoms with Gasteiger partial charge in [0.05, 0.1) is 10.8 Å². The number of aromatic nitrogens is 1. The van der Waals surface area contributed by atoms with E-state index in [0.29, 0.717) is 13.1 Å². The first-order valence-corrected chi connectivity index (χ1v) is 9.12. The summed E-state index contributed by atoms with van der Waals surface area (Å²) < 4.78 is 0. The molecule has 0 spiro atoms. The fourth-order valence-electron chi connectivity index (χ4n) is 2.94. The summed E-state index contributed by atoms with van der Waals surface area (Å²) in [7, 11) is 0. The normalized spacial score (nSPS) is 17.5. The Balaban J connectivity index is 1.49. The van der Waals surface area contributed by atoms with Crippen molar-refractivity contribution in [2.75, 3.05) is 19.6 Å². The Morgan fingerprint density at radius 2 is 2.21 bits per heavy atom. The smallest absolute Gasteiger partial charge is 0.263 e. The number of pyridine rings is 1. The Kier molecular flexibility index (Phi) is 5.59. The van der Waals surface area contributed by atoms with Crippen molar-refractivity contribution >= 4 is 23.2 Å². The lowest BCUT2D eigenvalue weighted by atomic mass is 9.97. The van der Waals surface area contributed by atoms with Gasteiger partial charge in [-0.25, -0.2) is 0 Å². The summed E-state index contributed by atoms with van der Waals surface area (Å²) in [5.74, 6) is -0.0445. The van der Waals surface area contributed by atoms with Gasteiger partial charge in [0.2, 0.25) is 5.91 Å². The van der Waals surface area contributed by atoms with Crippen molar-refractivity contribution in [3.63, 3.8) is 0 Å². The van der Waals surface area contributed by atoms with Crippen molar-refractivity contribution in [3.05, 3.63) is 52.5 Å². The van der Waals surface area contributed by atoms with Crippen LogP contribution in [0.5, 0.6) is 0 Å². The average Bonchev–Trinajstić information content (AvgIpc) is 3.16. The number of nitrogens with zero attached hydrogens (tertiary/aromatic N) is 2. The molecule has 2 aromatic heterocycles. The molecule has 0 saturated carbocycles. The Bertz CT molecular complexity index is 673. The van der Waals surface area contributed by atoms with E-state index in [1.807, 2.05) is 35.7 Å². The lowest BCUT2D eigenvalue weighted by Crippen LogP contribution is -2.45. The lowest BCUT2D eigenvalue weighted by Gasteiger charge is -2.31. The summed E-state index contributed by atoms with van der Waals surface area (Å²) in [4.78, 5) is 31.6. The van der Waals surface area contributed by atoms with Gasteiger partial charge < -0.3 is 10.2 Å². The topological polar surface area (TPSA) is 62.3 Å². The predicted octanol–water partition coefficient (Wildman–Crippen LogP) is 2.35. The third-order valence-electron chi connectivity index (χ3n) is 4.22. The van der Waals surface area contributed by atoms with Crippen molar-refractivity contribution in [3.8, 4) is 0 Å². The number of hydrogen-bond donors (Lipinski definition) is 1. The summed E-state index contributed by atoms with van der Waals surface area (Å²) in [6, 6.07) is 9.49. The second-order valence-corrected chi connectivity index (χ2v) is 6.88. The summed E-state index contributed by atoms with van der Waals surface area (Å²) >= 11 is 1.45. The number of amides is 2. The molecule has 0 aliphatic carbocycles. The largest absolute Gasteiger partial charge is 0.355 e. The van der Waals surface area contributed by atoms with E-state index in [0.717, 1.165) is 36.4 Å². The molecule has 0 bridgehead atoms. The van der Waals surface area contributed by atoms with Crippen LogP contribution in [-0.4, -0.2) is 41.3 Å². The number of carbonyl (C=O) groups excluding carboxylic acids is 2. The third-order valence-corrected chi connectivity index (χ3v) is 5.08. The van der Waals surface area contributed by atoms with Crippen molar-refractivity contribution in [2.45, 2.75) is 19.3 Å². The van der Waals surface area contributed by atoms with E-state index in [1.54, 1.807) is 11.1 Å². The van der Waals surface area contributed by atoms with E-state index in [9.17, 15) is 9.59 Å². The fraction of sp³-hybridized carbons (Fsp3) is 0.389. The molecular formula is C18H21N3O2S. The minimum atomic E-state index is -0.119. The van der Waals surface area contributed by atoms with Crippen LogP contribution < -0.4 is 5.32 Å². The van der Waals surface area contributed by atoms with E-state index >= 15 is 0 Å². The summed E-state index contributed by atoms with van der Waals surface area (Å²) in [5, 5.41) is 4.88. The molecule has 2 aromatic rings. The van der Waals surface area contributed by atoms with Gasteiger partial charge in [-0.15, -0.1) is 11.3 Å². The molecule has 1 aliphatic rings. The second-order valence-electron chi connectivity index (χ2n) is 5.93. The molecule has 24 heavy (non-hydrogen) atoms. The van der Waals surface area contributed by atoms with Crippen LogP contribution in [0.3, 0.4) is 0 Å². The van der Waals surface area contributed by atoms with Crippen molar-refractivity contribution in [1.82, 2.24) is 15.2 Å². The Labute approximate surface area is 145 Å².